The highest BCUT2D eigenvalue weighted by molar-refractivity contribution is 5.82. The molecular formula is C10H20N2O3. The topological polar surface area (TPSA) is 78.4 Å². The fourth-order valence-electron chi connectivity index (χ4n) is 0.893. The maximum Gasteiger partial charge on any atom is 0.326 e. The second-order valence-corrected chi connectivity index (χ2v) is 4.69. The molecule has 15 heavy (non-hydrogen) atoms. The molecule has 0 spiro atoms. The number of hydrogen-bond acceptors (Lipinski definition) is 2. The molecule has 0 saturated heterocycles. The van der Waals surface area contributed by atoms with Crippen LogP contribution in [-0.2, 0) is 4.79 Å². The first-order valence-corrected chi connectivity index (χ1v) is 5.03. The predicted octanol–water partition coefficient (Wildman–Crippen LogP) is 1.19. The molecule has 0 aliphatic rings. The summed E-state index contributed by atoms with van der Waals surface area (Å²) in [4.78, 5) is 21.9. The van der Waals surface area contributed by atoms with Crippen LogP contribution in [-0.4, -0.2) is 29.7 Å². The lowest BCUT2D eigenvalue weighted by Gasteiger charge is -2.20. The van der Waals surface area contributed by atoms with Crippen molar-refractivity contribution in [3.8, 4) is 0 Å². The number of urea groups is 1. The van der Waals surface area contributed by atoms with Crippen LogP contribution in [0.5, 0.6) is 0 Å². The van der Waals surface area contributed by atoms with Gasteiger partial charge in [-0.2, -0.15) is 0 Å². The van der Waals surface area contributed by atoms with Gasteiger partial charge in [-0.1, -0.05) is 27.7 Å². The average Bonchev–Trinajstić information content (AvgIpc) is 2.09. The zero-order chi connectivity index (χ0) is 12.1. The van der Waals surface area contributed by atoms with Crippen molar-refractivity contribution in [2.75, 3.05) is 6.54 Å². The van der Waals surface area contributed by atoms with Gasteiger partial charge in [-0.3, -0.25) is 0 Å². The van der Waals surface area contributed by atoms with Gasteiger partial charge in [-0.15, -0.1) is 0 Å². The summed E-state index contributed by atoms with van der Waals surface area (Å²) in [5.41, 5.74) is -0.0116. The SMILES string of the molecule is CCC(NC(=O)NCC(C)(C)C)C(=O)O. The lowest BCUT2D eigenvalue weighted by atomic mass is 9.97. The molecule has 0 bridgehead atoms. The second-order valence-electron chi connectivity index (χ2n) is 4.69. The lowest BCUT2D eigenvalue weighted by molar-refractivity contribution is -0.139. The zero-order valence-electron chi connectivity index (χ0n) is 9.76. The normalized spacial score (nSPS) is 13.1. The molecule has 0 aromatic carbocycles. The summed E-state index contributed by atoms with van der Waals surface area (Å²) in [5, 5.41) is 13.7. The Morgan fingerprint density at radius 1 is 1.33 bits per heavy atom. The Balaban J connectivity index is 3.98. The Labute approximate surface area is 90.2 Å². The summed E-state index contributed by atoms with van der Waals surface area (Å²) in [6.45, 7) is 8.18. The van der Waals surface area contributed by atoms with Crippen LogP contribution < -0.4 is 10.6 Å². The summed E-state index contributed by atoms with van der Waals surface area (Å²) in [7, 11) is 0. The molecule has 0 aromatic heterocycles. The number of carbonyl (C=O) groups is 2. The molecule has 88 valence electrons. The summed E-state index contributed by atoms with van der Waals surface area (Å²) < 4.78 is 0. The van der Waals surface area contributed by atoms with E-state index < -0.39 is 18.0 Å². The average molecular weight is 216 g/mol. The van der Waals surface area contributed by atoms with Gasteiger partial charge >= 0.3 is 12.0 Å². The van der Waals surface area contributed by atoms with Crippen LogP contribution in [0.15, 0.2) is 0 Å². The van der Waals surface area contributed by atoms with Gasteiger partial charge in [0.25, 0.3) is 0 Å². The highest BCUT2D eigenvalue weighted by Crippen LogP contribution is 2.09. The minimum Gasteiger partial charge on any atom is -0.480 e. The molecule has 1 unspecified atom stereocenters. The molecule has 0 saturated carbocycles. The Hall–Kier alpha value is -1.26. The molecule has 0 fully saturated rings. The summed E-state index contributed by atoms with van der Waals surface area (Å²) in [6, 6.07) is -1.25. The van der Waals surface area contributed by atoms with E-state index in [1.165, 1.54) is 0 Å². The number of carbonyl (C=O) groups excluding carboxylic acids is 1. The third kappa shape index (κ3) is 6.76. The minimum atomic E-state index is -1.01. The van der Waals surface area contributed by atoms with Crippen LogP contribution in [0.2, 0.25) is 0 Å². The Morgan fingerprint density at radius 3 is 2.20 bits per heavy atom. The predicted molar refractivity (Wildman–Crippen MR) is 57.7 cm³/mol. The molecule has 0 rings (SSSR count). The van der Waals surface area contributed by atoms with Crippen LogP contribution in [0.25, 0.3) is 0 Å². The number of amides is 2. The summed E-state index contributed by atoms with van der Waals surface area (Å²) >= 11 is 0. The van der Waals surface area contributed by atoms with Gasteiger partial charge in [0.05, 0.1) is 0 Å². The number of carboxylic acids is 1. The lowest BCUT2D eigenvalue weighted by Crippen LogP contribution is -2.47. The van der Waals surface area contributed by atoms with Crippen molar-refractivity contribution in [2.45, 2.75) is 40.2 Å². The standard InChI is InChI=1S/C10H20N2O3/c1-5-7(8(13)14)12-9(15)11-6-10(2,3)4/h7H,5-6H2,1-4H3,(H,13,14)(H2,11,12,15). The molecule has 0 aromatic rings. The van der Waals surface area contributed by atoms with Crippen molar-refractivity contribution in [1.82, 2.24) is 10.6 Å². The molecule has 0 aliphatic carbocycles. The number of hydrogen-bond donors (Lipinski definition) is 3. The first-order chi connectivity index (χ1) is 6.76. The molecule has 3 N–H and O–H groups in total. The van der Waals surface area contributed by atoms with Crippen molar-refractivity contribution < 1.29 is 14.7 Å². The molecule has 5 heteroatoms. The Kier molecular flexibility index (Phi) is 5.11. The smallest absolute Gasteiger partial charge is 0.326 e. The zero-order valence-corrected chi connectivity index (χ0v) is 9.76. The van der Waals surface area contributed by atoms with E-state index in [9.17, 15) is 9.59 Å². The molecule has 0 radical (unpaired) electrons. The van der Waals surface area contributed by atoms with Crippen LogP contribution in [0, 0.1) is 5.41 Å². The van der Waals surface area contributed by atoms with Crippen LogP contribution in [0.1, 0.15) is 34.1 Å². The van der Waals surface area contributed by atoms with Gasteiger partial charge in [0.2, 0.25) is 0 Å². The summed E-state index contributed by atoms with van der Waals surface area (Å²) in [5.74, 6) is -1.01. The third-order valence-corrected chi connectivity index (χ3v) is 1.79. The molecule has 5 nitrogen and oxygen atoms in total. The first-order valence-electron chi connectivity index (χ1n) is 5.03. The fraction of sp³-hybridized carbons (Fsp3) is 0.800. The number of nitrogens with one attached hydrogen (secondary N) is 2. The molecule has 0 aliphatic heterocycles. The van der Waals surface area contributed by atoms with E-state index in [0.717, 1.165) is 0 Å². The maximum absolute atomic E-state index is 11.3. The van der Waals surface area contributed by atoms with Crippen LogP contribution >= 0.6 is 0 Å². The molecule has 2 amide bonds. The highest BCUT2D eigenvalue weighted by atomic mass is 16.4. The number of aliphatic carboxylic acids is 1. The van der Waals surface area contributed by atoms with E-state index in [1.807, 2.05) is 20.8 Å². The third-order valence-electron chi connectivity index (χ3n) is 1.79. The van der Waals surface area contributed by atoms with E-state index in [0.29, 0.717) is 13.0 Å². The van der Waals surface area contributed by atoms with Crippen molar-refractivity contribution in [2.24, 2.45) is 5.41 Å². The van der Waals surface area contributed by atoms with Crippen molar-refractivity contribution >= 4 is 12.0 Å². The monoisotopic (exact) mass is 216 g/mol. The fourth-order valence-corrected chi connectivity index (χ4v) is 0.893. The van der Waals surface area contributed by atoms with Gasteiger partial charge in [-0.25, -0.2) is 9.59 Å². The largest absolute Gasteiger partial charge is 0.480 e. The van der Waals surface area contributed by atoms with Gasteiger partial charge in [-0.05, 0) is 11.8 Å². The van der Waals surface area contributed by atoms with Crippen molar-refractivity contribution in [3.05, 3.63) is 0 Å². The van der Waals surface area contributed by atoms with E-state index in [1.54, 1.807) is 6.92 Å². The van der Waals surface area contributed by atoms with Gasteiger partial charge < -0.3 is 15.7 Å². The molecule has 0 heterocycles. The first kappa shape index (κ1) is 13.7. The van der Waals surface area contributed by atoms with E-state index in [-0.39, 0.29) is 5.41 Å². The highest BCUT2D eigenvalue weighted by Gasteiger charge is 2.18. The Morgan fingerprint density at radius 2 is 1.87 bits per heavy atom. The van der Waals surface area contributed by atoms with Gasteiger partial charge in [0.1, 0.15) is 6.04 Å². The van der Waals surface area contributed by atoms with E-state index in [2.05, 4.69) is 10.6 Å². The maximum atomic E-state index is 11.3. The quantitative estimate of drug-likeness (QED) is 0.660. The second kappa shape index (κ2) is 5.58. The van der Waals surface area contributed by atoms with Crippen molar-refractivity contribution in [3.63, 3.8) is 0 Å². The van der Waals surface area contributed by atoms with Crippen LogP contribution in [0.4, 0.5) is 4.79 Å². The summed E-state index contributed by atoms with van der Waals surface area (Å²) in [6.07, 6.45) is 0.373. The van der Waals surface area contributed by atoms with Crippen LogP contribution in [0.3, 0.4) is 0 Å². The molecule has 1 atom stereocenters. The number of rotatable bonds is 4. The van der Waals surface area contributed by atoms with E-state index >= 15 is 0 Å². The van der Waals surface area contributed by atoms with E-state index in [4.69, 9.17) is 5.11 Å². The minimum absolute atomic E-state index is 0.0116. The number of carboxylic acid groups (broad SMARTS) is 1. The Bertz CT molecular complexity index is 233. The van der Waals surface area contributed by atoms with Crippen molar-refractivity contribution in [1.29, 1.82) is 0 Å². The molecular weight excluding hydrogens is 196 g/mol. The van der Waals surface area contributed by atoms with Gasteiger partial charge in [0, 0.05) is 6.54 Å². The van der Waals surface area contributed by atoms with Gasteiger partial charge in [0.15, 0.2) is 0 Å².